The van der Waals surface area contributed by atoms with Gasteiger partial charge in [-0.1, -0.05) is 25.0 Å². The van der Waals surface area contributed by atoms with Gasteiger partial charge in [0.15, 0.2) is 5.82 Å². The number of benzene rings is 2. The summed E-state index contributed by atoms with van der Waals surface area (Å²) in [5.74, 6) is -1.91. The third-order valence-corrected chi connectivity index (χ3v) is 8.20. The van der Waals surface area contributed by atoms with Crippen molar-refractivity contribution in [2.24, 2.45) is 0 Å². The predicted octanol–water partition coefficient (Wildman–Crippen LogP) is 5.63. The number of hydrogen-bond acceptors (Lipinski definition) is 4. The van der Waals surface area contributed by atoms with Gasteiger partial charge in [-0.05, 0) is 74.4 Å². The molecular formula is C28H31F3N4O2S. The molecule has 2 aliphatic rings. The molecule has 1 aliphatic carbocycles. The average molecular weight is 545 g/mol. The molecule has 0 saturated carbocycles. The third-order valence-electron chi connectivity index (χ3n) is 7.20. The zero-order valence-electron chi connectivity index (χ0n) is 21.0. The summed E-state index contributed by atoms with van der Waals surface area (Å²) < 4.78 is 69.7. The number of aromatic nitrogens is 2. The Kier molecular flexibility index (Phi) is 8.01. The number of halogens is 3. The van der Waals surface area contributed by atoms with Crippen LogP contribution in [0.2, 0.25) is 0 Å². The van der Waals surface area contributed by atoms with E-state index in [1.807, 2.05) is 6.07 Å². The Labute approximate surface area is 221 Å². The number of fused-ring (bicyclic) bond motifs is 1. The van der Waals surface area contributed by atoms with Gasteiger partial charge < -0.3 is 0 Å². The summed E-state index contributed by atoms with van der Waals surface area (Å²) in [5.41, 5.74) is 2.90. The van der Waals surface area contributed by atoms with E-state index in [1.54, 1.807) is 11.1 Å². The van der Waals surface area contributed by atoms with E-state index in [-0.39, 0.29) is 17.4 Å². The molecule has 0 amide bonds. The lowest BCUT2D eigenvalue weighted by Crippen LogP contribution is -2.44. The minimum absolute atomic E-state index is 0.0859. The van der Waals surface area contributed by atoms with Crippen molar-refractivity contribution < 1.29 is 21.6 Å². The topological polar surface area (TPSA) is 67.2 Å². The van der Waals surface area contributed by atoms with E-state index in [4.69, 9.17) is 0 Å². The quantitative estimate of drug-likeness (QED) is 0.392. The smallest absolute Gasteiger partial charge is 0.234 e. The highest BCUT2D eigenvalue weighted by atomic mass is 32.2. The molecule has 6 nitrogen and oxygen atoms in total. The van der Waals surface area contributed by atoms with Crippen LogP contribution in [0.5, 0.6) is 0 Å². The first-order valence-corrected chi connectivity index (χ1v) is 14.6. The molecule has 1 saturated heterocycles. The largest absolute Gasteiger partial charge is 0.246 e. The van der Waals surface area contributed by atoms with Crippen LogP contribution in [0.15, 0.2) is 47.9 Å². The molecule has 2 aromatic carbocycles. The summed E-state index contributed by atoms with van der Waals surface area (Å²) in [4.78, 5) is 2.61. The molecule has 1 fully saturated rings. The Balaban J connectivity index is 1.55. The molecule has 0 bridgehead atoms. The van der Waals surface area contributed by atoms with Crippen LogP contribution in [0.1, 0.15) is 67.0 Å². The van der Waals surface area contributed by atoms with Crippen LogP contribution in [-0.4, -0.2) is 36.3 Å². The van der Waals surface area contributed by atoms with Crippen molar-refractivity contribution in [2.75, 3.05) is 13.1 Å². The summed E-state index contributed by atoms with van der Waals surface area (Å²) in [6.45, 7) is 1.31. The first-order chi connectivity index (χ1) is 18.3. The van der Waals surface area contributed by atoms with Crippen LogP contribution in [0, 0.1) is 17.5 Å². The lowest BCUT2D eigenvalue weighted by Gasteiger charge is -2.25. The molecule has 5 rings (SSSR count). The van der Waals surface area contributed by atoms with Crippen LogP contribution in [-0.2, 0) is 22.9 Å². The average Bonchev–Trinajstić information content (AvgIpc) is 3.10. The maximum Gasteiger partial charge on any atom is 0.246 e. The predicted molar refractivity (Wildman–Crippen MR) is 140 cm³/mol. The van der Waals surface area contributed by atoms with Crippen molar-refractivity contribution in [3.63, 3.8) is 0 Å². The molecule has 1 atom stereocenters. The summed E-state index contributed by atoms with van der Waals surface area (Å²) in [6.07, 6.45) is 8.06. The normalized spacial score (nSPS) is 19.0. The van der Waals surface area contributed by atoms with Crippen molar-refractivity contribution in [1.82, 2.24) is 19.6 Å². The summed E-state index contributed by atoms with van der Waals surface area (Å²) >= 11 is 0. The molecule has 1 unspecified atom stereocenters. The number of piperidine rings is 1. The highest BCUT2D eigenvalue weighted by Crippen LogP contribution is 2.37. The highest BCUT2D eigenvalue weighted by molar-refractivity contribution is 7.92. The first-order valence-electron chi connectivity index (χ1n) is 13.1. The van der Waals surface area contributed by atoms with E-state index in [2.05, 4.69) is 9.93 Å². The van der Waals surface area contributed by atoms with Crippen LogP contribution >= 0.6 is 0 Å². The van der Waals surface area contributed by atoms with Gasteiger partial charge in [-0.15, -0.1) is 4.83 Å². The second kappa shape index (κ2) is 11.4. The third kappa shape index (κ3) is 6.19. The lowest BCUT2D eigenvalue weighted by molar-refractivity contribution is 0.201. The first kappa shape index (κ1) is 26.6. The second-order valence-electron chi connectivity index (χ2n) is 10.0. The minimum Gasteiger partial charge on any atom is -0.234 e. The van der Waals surface area contributed by atoms with E-state index in [9.17, 15) is 21.6 Å². The molecule has 38 heavy (non-hydrogen) atoms. The Hall–Kier alpha value is -2.95. The van der Waals surface area contributed by atoms with Crippen molar-refractivity contribution in [2.45, 2.75) is 57.3 Å². The molecule has 0 spiro atoms. The van der Waals surface area contributed by atoms with Crippen LogP contribution in [0.4, 0.5) is 13.2 Å². The summed E-state index contributed by atoms with van der Waals surface area (Å²) in [5, 5.41) is 7.44. The van der Waals surface area contributed by atoms with Gasteiger partial charge in [0.2, 0.25) is 10.0 Å². The van der Waals surface area contributed by atoms with E-state index in [0.29, 0.717) is 31.6 Å². The van der Waals surface area contributed by atoms with Gasteiger partial charge in [-0.2, -0.15) is 5.10 Å². The number of hydrogen-bond donors (Lipinski definition) is 1. The van der Waals surface area contributed by atoms with Crippen LogP contribution in [0.25, 0.3) is 11.8 Å². The fourth-order valence-corrected chi connectivity index (χ4v) is 6.36. The maximum atomic E-state index is 15.0. The SMILES string of the molecule is O=S(=O)(C=Cc1nn(-c2ccc(F)cc2F)c2c1CCCCC2Cc1cccc(F)c1)NN1CCCCC1. The fraction of sp³-hybridized carbons (Fsp3) is 0.393. The molecule has 1 aliphatic heterocycles. The highest BCUT2D eigenvalue weighted by Gasteiger charge is 2.29. The molecule has 3 aromatic rings. The standard InChI is InChI=1S/C28H31F3N4O2S/c29-22-9-6-7-20(18-22)17-21-8-2-3-10-24-26(13-16-38(36,37)33-34-14-4-1-5-15-34)32-35(28(21)24)27-12-11-23(30)19-25(27)31/h6-7,9,11-13,16,18-19,21,33H,1-5,8,10,14-15,17H2. The van der Waals surface area contributed by atoms with Gasteiger partial charge in [-0.3, -0.25) is 0 Å². The maximum absolute atomic E-state index is 15.0. The monoisotopic (exact) mass is 544 g/mol. The zero-order valence-corrected chi connectivity index (χ0v) is 21.9. The second-order valence-corrected chi connectivity index (χ2v) is 11.6. The lowest BCUT2D eigenvalue weighted by atomic mass is 9.91. The molecule has 0 radical (unpaired) electrons. The summed E-state index contributed by atoms with van der Waals surface area (Å²) in [6, 6.07) is 9.71. The van der Waals surface area contributed by atoms with Crippen molar-refractivity contribution in [3.05, 3.63) is 87.8 Å². The molecule has 202 valence electrons. The molecular weight excluding hydrogens is 513 g/mol. The van der Waals surface area contributed by atoms with Crippen LogP contribution in [0.3, 0.4) is 0 Å². The molecule has 10 heteroatoms. The minimum atomic E-state index is -3.77. The molecule has 1 aromatic heterocycles. The summed E-state index contributed by atoms with van der Waals surface area (Å²) in [7, 11) is -3.77. The molecule has 2 heterocycles. The Morgan fingerprint density at radius 1 is 0.974 bits per heavy atom. The van der Waals surface area contributed by atoms with Crippen molar-refractivity contribution in [3.8, 4) is 5.69 Å². The Morgan fingerprint density at radius 3 is 2.53 bits per heavy atom. The Bertz CT molecular complexity index is 1430. The number of nitrogens with one attached hydrogen (secondary N) is 1. The van der Waals surface area contributed by atoms with Gasteiger partial charge in [0.1, 0.15) is 17.3 Å². The van der Waals surface area contributed by atoms with Gasteiger partial charge in [-0.25, -0.2) is 31.3 Å². The fourth-order valence-electron chi connectivity index (χ4n) is 5.45. The van der Waals surface area contributed by atoms with Crippen molar-refractivity contribution in [1.29, 1.82) is 0 Å². The number of sulfonamides is 1. The number of hydrazine groups is 1. The van der Waals surface area contributed by atoms with Crippen molar-refractivity contribution >= 4 is 16.1 Å². The van der Waals surface area contributed by atoms with Crippen LogP contribution < -0.4 is 4.83 Å². The Morgan fingerprint density at radius 2 is 1.76 bits per heavy atom. The number of rotatable bonds is 7. The zero-order chi connectivity index (χ0) is 26.7. The van der Waals surface area contributed by atoms with Gasteiger partial charge in [0.05, 0.1) is 11.4 Å². The van der Waals surface area contributed by atoms with E-state index < -0.39 is 21.7 Å². The van der Waals surface area contributed by atoms with E-state index >= 15 is 0 Å². The van der Waals surface area contributed by atoms with Gasteiger partial charge >= 0.3 is 0 Å². The van der Waals surface area contributed by atoms with Gasteiger partial charge in [0, 0.05) is 36.0 Å². The molecule has 1 N–H and O–H groups in total. The van der Waals surface area contributed by atoms with Gasteiger partial charge in [0.25, 0.3) is 0 Å². The van der Waals surface area contributed by atoms with E-state index in [0.717, 1.165) is 66.8 Å². The van der Waals surface area contributed by atoms with E-state index in [1.165, 1.54) is 35.0 Å². The number of nitrogens with zero attached hydrogens (tertiary/aromatic N) is 3.